The third kappa shape index (κ3) is 4.14. The predicted molar refractivity (Wildman–Crippen MR) is 80.9 cm³/mol. The zero-order valence-corrected chi connectivity index (χ0v) is 13.1. The highest BCUT2D eigenvalue weighted by Crippen LogP contribution is 2.36. The van der Waals surface area contributed by atoms with Gasteiger partial charge in [-0.05, 0) is 44.9 Å². The van der Waals surface area contributed by atoms with Crippen LogP contribution in [0.25, 0.3) is 0 Å². The number of benzene rings is 1. The zero-order chi connectivity index (χ0) is 15.6. The lowest BCUT2D eigenvalue weighted by molar-refractivity contribution is 0.0500. The van der Waals surface area contributed by atoms with E-state index in [0.717, 1.165) is 22.6 Å². The Morgan fingerprint density at radius 3 is 2.71 bits per heavy atom. The van der Waals surface area contributed by atoms with E-state index >= 15 is 0 Å². The number of thioether (sulfide) groups is 1. The molecule has 0 fully saturated rings. The van der Waals surface area contributed by atoms with Crippen LogP contribution >= 0.6 is 11.8 Å². The van der Waals surface area contributed by atoms with Gasteiger partial charge in [-0.25, -0.2) is 9.59 Å². The van der Waals surface area contributed by atoms with Crippen molar-refractivity contribution in [1.29, 1.82) is 0 Å². The first-order valence-electron chi connectivity index (χ1n) is 6.76. The maximum absolute atomic E-state index is 11.9. The first-order chi connectivity index (χ1) is 9.76. The summed E-state index contributed by atoms with van der Waals surface area (Å²) < 4.78 is 5.27. The Kier molecular flexibility index (Phi) is 4.46. The summed E-state index contributed by atoms with van der Waals surface area (Å²) >= 11 is 1.61. The fourth-order valence-corrected chi connectivity index (χ4v) is 3.28. The topological polar surface area (TPSA) is 75.6 Å². The molecule has 0 aromatic heterocycles. The van der Waals surface area contributed by atoms with Crippen molar-refractivity contribution in [3.05, 3.63) is 29.3 Å². The van der Waals surface area contributed by atoms with Crippen molar-refractivity contribution in [2.75, 3.05) is 5.75 Å². The average Bonchev–Trinajstić information content (AvgIpc) is 2.36. The monoisotopic (exact) mass is 309 g/mol. The van der Waals surface area contributed by atoms with Gasteiger partial charge in [0.05, 0.1) is 11.6 Å². The molecule has 2 N–H and O–H groups in total. The van der Waals surface area contributed by atoms with Crippen LogP contribution in [0.1, 0.15) is 49.2 Å². The van der Waals surface area contributed by atoms with E-state index in [1.807, 2.05) is 20.8 Å². The van der Waals surface area contributed by atoms with Gasteiger partial charge in [0.2, 0.25) is 0 Å². The van der Waals surface area contributed by atoms with Crippen LogP contribution in [-0.2, 0) is 4.74 Å². The molecule has 0 saturated carbocycles. The van der Waals surface area contributed by atoms with E-state index < -0.39 is 17.7 Å². The van der Waals surface area contributed by atoms with E-state index in [9.17, 15) is 9.59 Å². The number of fused-ring (bicyclic) bond motifs is 1. The minimum Gasteiger partial charge on any atom is -0.478 e. The molecule has 0 bridgehead atoms. The van der Waals surface area contributed by atoms with E-state index in [2.05, 4.69) is 5.32 Å². The number of amides is 1. The van der Waals surface area contributed by atoms with Gasteiger partial charge in [-0.3, -0.25) is 0 Å². The van der Waals surface area contributed by atoms with Crippen molar-refractivity contribution in [2.24, 2.45) is 0 Å². The number of carboxylic acid groups (broad SMARTS) is 1. The molecule has 2 rings (SSSR count). The molecular weight excluding hydrogens is 290 g/mol. The molecule has 0 aliphatic carbocycles. The molecule has 21 heavy (non-hydrogen) atoms. The van der Waals surface area contributed by atoms with Crippen molar-refractivity contribution in [1.82, 2.24) is 5.32 Å². The quantitative estimate of drug-likeness (QED) is 0.875. The highest BCUT2D eigenvalue weighted by molar-refractivity contribution is 7.99. The molecule has 0 spiro atoms. The van der Waals surface area contributed by atoms with Crippen molar-refractivity contribution in [3.8, 4) is 0 Å². The molecule has 0 radical (unpaired) electrons. The zero-order valence-electron chi connectivity index (χ0n) is 12.3. The molecule has 1 aliphatic rings. The van der Waals surface area contributed by atoms with E-state index in [-0.39, 0.29) is 11.6 Å². The van der Waals surface area contributed by atoms with Crippen molar-refractivity contribution in [3.63, 3.8) is 0 Å². The van der Waals surface area contributed by atoms with Gasteiger partial charge < -0.3 is 15.2 Å². The minimum atomic E-state index is -0.944. The number of ether oxygens (including phenoxy) is 1. The maximum Gasteiger partial charge on any atom is 0.408 e. The van der Waals surface area contributed by atoms with Crippen molar-refractivity contribution in [2.45, 2.75) is 43.7 Å². The van der Waals surface area contributed by atoms with Gasteiger partial charge in [-0.15, -0.1) is 11.8 Å². The summed E-state index contributed by atoms with van der Waals surface area (Å²) in [5.74, 6) is -0.114. The highest BCUT2D eigenvalue weighted by atomic mass is 32.2. The van der Waals surface area contributed by atoms with E-state index in [0.29, 0.717) is 0 Å². The van der Waals surface area contributed by atoms with Crippen LogP contribution in [0, 0.1) is 0 Å². The van der Waals surface area contributed by atoms with Crippen LogP contribution in [-0.4, -0.2) is 28.5 Å². The first-order valence-corrected chi connectivity index (χ1v) is 7.74. The van der Waals surface area contributed by atoms with Gasteiger partial charge >= 0.3 is 12.1 Å². The Bertz CT molecular complexity index is 565. The second kappa shape index (κ2) is 5.97. The summed E-state index contributed by atoms with van der Waals surface area (Å²) in [6.45, 7) is 5.45. The first kappa shape index (κ1) is 15.7. The third-order valence-corrected chi connectivity index (χ3v) is 4.10. The summed E-state index contributed by atoms with van der Waals surface area (Å²) in [4.78, 5) is 23.8. The molecule has 1 aliphatic heterocycles. The van der Waals surface area contributed by atoms with Crippen LogP contribution in [0.15, 0.2) is 23.1 Å². The smallest absolute Gasteiger partial charge is 0.408 e. The van der Waals surface area contributed by atoms with Crippen molar-refractivity contribution < 1.29 is 19.4 Å². The highest BCUT2D eigenvalue weighted by Gasteiger charge is 2.25. The molecule has 0 saturated heterocycles. The molecule has 6 heteroatoms. The Balaban J connectivity index is 2.15. The Morgan fingerprint density at radius 1 is 1.38 bits per heavy atom. The van der Waals surface area contributed by atoms with Crippen molar-refractivity contribution >= 4 is 23.8 Å². The van der Waals surface area contributed by atoms with Crippen LogP contribution in [0.5, 0.6) is 0 Å². The van der Waals surface area contributed by atoms with E-state index in [1.165, 1.54) is 0 Å². The van der Waals surface area contributed by atoms with Gasteiger partial charge in [-0.1, -0.05) is 6.07 Å². The predicted octanol–water partition coefficient (Wildman–Crippen LogP) is 3.45. The number of hydrogen-bond donors (Lipinski definition) is 2. The lowest BCUT2D eigenvalue weighted by Gasteiger charge is -2.28. The van der Waals surface area contributed by atoms with Crippen LogP contribution in [0.4, 0.5) is 4.79 Å². The van der Waals surface area contributed by atoms with Gasteiger partial charge in [0, 0.05) is 10.6 Å². The summed E-state index contributed by atoms with van der Waals surface area (Å²) in [7, 11) is 0. The molecule has 1 aromatic carbocycles. The SMILES string of the molecule is CC(C)(C)OC(=O)NC1CCSc2cc(C(=O)O)ccc21. The van der Waals surface area contributed by atoms with Crippen LogP contribution in [0.2, 0.25) is 0 Å². The Hall–Kier alpha value is -1.69. The average molecular weight is 309 g/mol. The Morgan fingerprint density at radius 2 is 2.10 bits per heavy atom. The lowest BCUT2D eigenvalue weighted by Crippen LogP contribution is -2.36. The summed E-state index contributed by atoms with van der Waals surface area (Å²) in [5, 5.41) is 11.9. The van der Waals surface area contributed by atoms with E-state index in [4.69, 9.17) is 9.84 Å². The fourth-order valence-electron chi connectivity index (χ4n) is 2.12. The largest absolute Gasteiger partial charge is 0.478 e. The lowest BCUT2D eigenvalue weighted by atomic mass is 10.0. The molecule has 1 amide bonds. The number of aromatic carboxylic acids is 1. The molecule has 5 nitrogen and oxygen atoms in total. The number of alkyl carbamates (subject to hydrolysis) is 1. The third-order valence-electron chi connectivity index (χ3n) is 2.99. The standard InChI is InChI=1S/C15H19NO4S/c1-15(2,3)20-14(19)16-11-6-7-21-12-8-9(13(17)18)4-5-10(11)12/h4-5,8,11H,6-7H2,1-3H3,(H,16,19)(H,17,18). The second-order valence-corrected chi connectivity index (χ2v) is 7.03. The fraction of sp³-hybridized carbons (Fsp3) is 0.467. The van der Waals surface area contributed by atoms with Gasteiger partial charge in [0.1, 0.15) is 5.60 Å². The molecule has 1 aromatic rings. The molecular formula is C15H19NO4S. The summed E-state index contributed by atoms with van der Waals surface area (Å²) in [5.41, 5.74) is 0.671. The number of carbonyl (C=O) groups is 2. The molecule has 1 atom stereocenters. The number of hydrogen-bond acceptors (Lipinski definition) is 4. The van der Waals surface area contributed by atoms with E-state index in [1.54, 1.807) is 30.0 Å². The normalized spacial score (nSPS) is 17.8. The van der Waals surface area contributed by atoms with Gasteiger partial charge in [-0.2, -0.15) is 0 Å². The summed E-state index contributed by atoms with van der Waals surface area (Å²) in [6.07, 6.45) is 0.344. The Labute approximate surface area is 128 Å². The summed E-state index contributed by atoms with van der Waals surface area (Å²) in [6, 6.07) is 4.86. The van der Waals surface area contributed by atoms with Gasteiger partial charge in [0.25, 0.3) is 0 Å². The number of carbonyl (C=O) groups excluding carboxylic acids is 1. The minimum absolute atomic E-state index is 0.140. The second-order valence-electron chi connectivity index (χ2n) is 5.89. The van der Waals surface area contributed by atoms with Gasteiger partial charge in [0.15, 0.2) is 0 Å². The van der Waals surface area contributed by atoms with Crippen LogP contribution < -0.4 is 5.32 Å². The maximum atomic E-state index is 11.9. The molecule has 1 unspecified atom stereocenters. The van der Waals surface area contributed by atoms with Crippen LogP contribution in [0.3, 0.4) is 0 Å². The molecule has 114 valence electrons. The number of rotatable bonds is 2. The molecule has 1 heterocycles. The number of nitrogens with one attached hydrogen (secondary N) is 1. The number of carboxylic acids is 1.